The highest BCUT2D eigenvalue weighted by Crippen LogP contribution is 2.56. The monoisotopic (exact) mass is 404 g/mol. The van der Waals surface area contributed by atoms with Crippen LogP contribution in [0.1, 0.15) is 38.0 Å². The number of esters is 1. The molecule has 0 amide bonds. The minimum absolute atomic E-state index is 0.0694. The number of rotatable bonds is 3. The van der Waals surface area contributed by atoms with Gasteiger partial charge in [0.25, 0.3) is 0 Å². The van der Waals surface area contributed by atoms with Crippen molar-refractivity contribution in [2.24, 2.45) is 10.8 Å². The zero-order valence-corrected chi connectivity index (χ0v) is 17.5. The Morgan fingerprint density at radius 2 is 1.93 bits per heavy atom. The first kappa shape index (κ1) is 20.0. The zero-order chi connectivity index (χ0) is 21.7. The van der Waals surface area contributed by atoms with Crippen LogP contribution in [0.2, 0.25) is 0 Å². The van der Waals surface area contributed by atoms with Crippen molar-refractivity contribution >= 4 is 23.5 Å². The summed E-state index contributed by atoms with van der Waals surface area (Å²) in [6.45, 7) is 5.54. The Hall–Kier alpha value is -3.33. The van der Waals surface area contributed by atoms with Crippen LogP contribution >= 0.6 is 0 Å². The molecular formula is C24H24N2O4. The van der Waals surface area contributed by atoms with E-state index in [-0.39, 0.29) is 5.78 Å². The molecular weight excluding hydrogens is 380 g/mol. The number of Topliss-reactive ketones (excluding diaryl/α,β-unsaturated/α-hetero) is 1. The predicted octanol–water partition coefficient (Wildman–Crippen LogP) is 3.95. The molecule has 0 spiro atoms. The van der Waals surface area contributed by atoms with E-state index in [1.54, 1.807) is 12.1 Å². The number of benzene rings is 1. The summed E-state index contributed by atoms with van der Waals surface area (Å²) < 4.78 is 10.8. The minimum Gasteiger partial charge on any atom is -0.469 e. The third kappa shape index (κ3) is 2.62. The molecule has 1 saturated heterocycles. The SMILES string of the molecule is COC(=O)[C@]1(C#N)[C@H](c2ccco2)[C@@H](C(=O)C(C)(C)C)N2c3ccccc3C=C[C@@H]21. The lowest BCUT2D eigenvalue weighted by Crippen LogP contribution is -2.48. The average molecular weight is 404 g/mol. The lowest BCUT2D eigenvalue weighted by molar-refractivity contribution is -0.150. The number of carbonyl (C=O) groups is 2. The van der Waals surface area contributed by atoms with Crippen LogP contribution < -0.4 is 4.90 Å². The van der Waals surface area contributed by atoms with E-state index in [9.17, 15) is 14.9 Å². The van der Waals surface area contributed by atoms with Crippen LogP contribution in [0.25, 0.3) is 6.08 Å². The van der Waals surface area contributed by atoms with E-state index in [1.807, 2.05) is 62.1 Å². The molecule has 6 heteroatoms. The number of fused-ring (bicyclic) bond motifs is 3. The molecule has 4 rings (SSSR count). The summed E-state index contributed by atoms with van der Waals surface area (Å²) in [5.74, 6) is -1.14. The van der Waals surface area contributed by atoms with Gasteiger partial charge in [0.2, 0.25) is 0 Å². The van der Waals surface area contributed by atoms with Gasteiger partial charge in [0.05, 0.1) is 31.4 Å². The van der Waals surface area contributed by atoms with Crippen molar-refractivity contribution in [2.45, 2.75) is 38.8 Å². The highest BCUT2D eigenvalue weighted by Gasteiger charge is 2.68. The number of ketones is 1. The number of hydrogen-bond acceptors (Lipinski definition) is 6. The fourth-order valence-corrected chi connectivity index (χ4v) is 4.76. The number of ether oxygens (including phenoxy) is 1. The van der Waals surface area contributed by atoms with Gasteiger partial charge in [0, 0.05) is 11.1 Å². The number of anilines is 1. The molecule has 2 aliphatic heterocycles. The van der Waals surface area contributed by atoms with E-state index < -0.39 is 34.8 Å². The molecule has 2 aromatic rings. The molecule has 2 aliphatic rings. The van der Waals surface area contributed by atoms with Crippen molar-refractivity contribution in [3.8, 4) is 6.07 Å². The maximum absolute atomic E-state index is 13.8. The molecule has 0 aliphatic carbocycles. The summed E-state index contributed by atoms with van der Waals surface area (Å²) >= 11 is 0. The largest absolute Gasteiger partial charge is 0.469 e. The highest BCUT2D eigenvalue weighted by molar-refractivity contribution is 5.99. The van der Waals surface area contributed by atoms with Crippen LogP contribution in [0.4, 0.5) is 5.69 Å². The zero-order valence-electron chi connectivity index (χ0n) is 17.5. The second kappa shape index (κ2) is 6.88. The first-order chi connectivity index (χ1) is 14.3. The third-order valence-electron chi connectivity index (χ3n) is 6.11. The average Bonchev–Trinajstić information content (AvgIpc) is 3.36. The fraction of sp³-hybridized carbons (Fsp3) is 0.375. The van der Waals surface area contributed by atoms with Gasteiger partial charge in [-0.15, -0.1) is 0 Å². The Bertz CT molecular complexity index is 1060. The molecule has 154 valence electrons. The lowest BCUT2D eigenvalue weighted by atomic mass is 9.68. The van der Waals surface area contributed by atoms with Gasteiger partial charge < -0.3 is 14.1 Å². The summed E-state index contributed by atoms with van der Waals surface area (Å²) in [5, 5.41) is 10.4. The van der Waals surface area contributed by atoms with Crippen molar-refractivity contribution in [1.82, 2.24) is 0 Å². The third-order valence-corrected chi connectivity index (χ3v) is 6.11. The van der Waals surface area contributed by atoms with Crippen LogP contribution in [0, 0.1) is 22.2 Å². The molecule has 1 aromatic carbocycles. The number of furan rings is 1. The standard InChI is InChI=1S/C24H24N2O4/c1-23(2,3)21(27)20-19(17-10-7-13-30-17)24(14-25,22(28)29-4)18-12-11-15-8-5-6-9-16(15)26(18)20/h5-13,18-20H,1-4H3/t18-,19-,20+,24+/m1/s1. The molecule has 0 N–H and O–H groups in total. The maximum Gasteiger partial charge on any atom is 0.329 e. The Morgan fingerprint density at radius 1 is 1.20 bits per heavy atom. The predicted molar refractivity (Wildman–Crippen MR) is 112 cm³/mol. The van der Waals surface area contributed by atoms with Crippen molar-refractivity contribution in [3.63, 3.8) is 0 Å². The molecule has 30 heavy (non-hydrogen) atoms. The fourth-order valence-electron chi connectivity index (χ4n) is 4.76. The second-order valence-electron chi connectivity index (χ2n) is 8.79. The number of methoxy groups -OCH3 is 1. The van der Waals surface area contributed by atoms with E-state index in [2.05, 4.69) is 6.07 Å². The molecule has 4 atom stereocenters. The molecule has 1 fully saturated rings. The summed E-state index contributed by atoms with van der Waals surface area (Å²) in [5.41, 5.74) is -0.595. The number of nitrogens with zero attached hydrogens (tertiary/aromatic N) is 2. The van der Waals surface area contributed by atoms with Crippen molar-refractivity contribution in [2.75, 3.05) is 12.0 Å². The van der Waals surface area contributed by atoms with Gasteiger partial charge in [-0.2, -0.15) is 5.26 Å². The lowest BCUT2D eigenvalue weighted by Gasteiger charge is -2.37. The molecule has 0 saturated carbocycles. The van der Waals surface area contributed by atoms with Gasteiger partial charge in [0.15, 0.2) is 11.2 Å². The Balaban J connectivity index is 2.05. The van der Waals surface area contributed by atoms with Crippen LogP contribution in [0.15, 0.2) is 53.2 Å². The molecule has 0 bridgehead atoms. The Kier molecular flexibility index (Phi) is 4.58. The number of hydrogen-bond donors (Lipinski definition) is 0. The molecule has 3 heterocycles. The van der Waals surface area contributed by atoms with Crippen LogP contribution in [-0.2, 0) is 14.3 Å². The van der Waals surface area contributed by atoms with Gasteiger partial charge in [0.1, 0.15) is 11.8 Å². The summed E-state index contributed by atoms with van der Waals surface area (Å²) in [7, 11) is 1.27. The summed E-state index contributed by atoms with van der Waals surface area (Å²) in [4.78, 5) is 28.9. The number of carbonyl (C=O) groups excluding carboxylic acids is 2. The van der Waals surface area contributed by atoms with Crippen LogP contribution in [0.3, 0.4) is 0 Å². The van der Waals surface area contributed by atoms with Gasteiger partial charge in [-0.1, -0.05) is 51.1 Å². The van der Waals surface area contributed by atoms with Gasteiger partial charge >= 0.3 is 5.97 Å². The maximum atomic E-state index is 13.8. The van der Waals surface area contributed by atoms with Crippen LogP contribution in [0.5, 0.6) is 0 Å². The van der Waals surface area contributed by atoms with Crippen LogP contribution in [-0.4, -0.2) is 30.9 Å². The number of para-hydroxylation sites is 1. The smallest absolute Gasteiger partial charge is 0.329 e. The van der Waals surface area contributed by atoms with Gasteiger partial charge in [-0.3, -0.25) is 9.59 Å². The van der Waals surface area contributed by atoms with E-state index in [4.69, 9.17) is 9.15 Å². The van der Waals surface area contributed by atoms with E-state index in [0.717, 1.165) is 11.3 Å². The minimum atomic E-state index is -1.64. The first-order valence-corrected chi connectivity index (χ1v) is 9.90. The van der Waals surface area contributed by atoms with Crippen molar-refractivity contribution < 1.29 is 18.7 Å². The summed E-state index contributed by atoms with van der Waals surface area (Å²) in [6.07, 6.45) is 5.22. The van der Waals surface area contributed by atoms with Gasteiger partial charge in [-0.05, 0) is 23.8 Å². The molecule has 0 unspecified atom stereocenters. The van der Waals surface area contributed by atoms with E-state index >= 15 is 0 Å². The number of nitriles is 1. The Morgan fingerprint density at radius 3 is 2.53 bits per heavy atom. The van der Waals surface area contributed by atoms with Crippen molar-refractivity contribution in [1.29, 1.82) is 5.26 Å². The first-order valence-electron chi connectivity index (χ1n) is 9.90. The topological polar surface area (TPSA) is 83.5 Å². The molecule has 6 nitrogen and oxygen atoms in total. The second-order valence-corrected chi connectivity index (χ2v) is 8.79. The van der Waals surface area contributed by atoms with E-state index in [1.165, 1.54) is 13.4 Å². The Labute approximate surface area is 175 Å². The highest BCUT2D eigenvalue weighted by atomic mass is 16.5. The van der Waals surface area contributed by atoms with Gasteiger partial charge in [-0.25, -0.2) is 0 Å². The normalized spacial score (nSPS) is 27.2. The summed E-state index contributed by atoms with van der Waals surface area (Å²) in [6, 6.07) is 11.9. The van der Waals surface area contributed by atoms with E-state index in [0.29, 0.717) is 5.76 Å². The quantitative estimate of drug-likeness (QED) is 0.721. The van der Waals surface area contributed by atoms with Crippen molar-refractivity contribution in [3.05, 3.63) is 60.1 Å². The molecule has 0 radical (unpaired) electrons. The molecule has 1 aromatic heterocycles.